The van der Waals surface area contributed by atoms with Crippen molar-refractivity contribution in [3.05, 3.63) is 40.0 Å². The van der Waals surface area contributed by atoms with Crippen LogP contribution in [0.15, 0.2) is 28.7 Å². The molecule has 0 bridgehead atoms. The fourth-order valence-corrected chi connectivity index (χ4v) is 1.98. The van der Waals surface area contributed by atoms with Crippen molar-refractivity contribution in [3.8, 4) is 5.69 Å². The summed E-state index contributed by atoms with van der Waals surface area (Å²) in [7, 11) is 0. The lowest BCUT2D eigenvalue weighted by Crippen LogP contribution is -2.02. The van der Waals surface area contributed by atoms with E-state index in [4.69, 9.17) is 5.73 Å². The number of hydrogen-bond acceptors (Lipinski definition) is 2. The van der Waals surface area contributed by atoms with Crippen molar-refractivity contribution >= 4 is 21.7 Å². The topological polar surface area (TPSA) is 43.8 Å². The van der Waals surface area contributed by atoms with Crippen molar-refractivity contribution < 1.29 is 0 Å². The first-order valence-electron chi connectivity index (χ1n) is 5.61. The monoisotopic (exact) mass is 293 g/mol. The van der Waals surface area contributed by atoms with Crippen molar-refractivity contribution in [3.63, 3.8) is 0 Å². The molecule has 2 rings (SSSR count). The molecule has 0 fully saturated rings. The molecule has 4 heteroatoms. The number of benzene rings is 1. The maximum Gasteiger partial charge on any atom is 0.127 e. The minimum atomic E-state index is 0.382. The van der Waals surface area contributed by atoms with Crippen molar-refractivity contribution in [2.75, 3.05) is 5.73 Å². The second-order valence-electron chi connectivity index (χ2n) is 4.49. The number of aryl methyl sites for hydroxylation is 1. The summed E-state index contributed by atoms with van der Waals surface area (Å²) in [5.41, 5.74) is 9.17. The zero-order valence-corrected chi connectivity index (χ0v) is 11.8. The number of nitrogen functional groups attached to an aromatic ring is 1. The number of aromatic nitrogens is 2. The van der Waals surface area contributed by atoms with Crippen LogP contribution in [0.3, 0.4) is 0 Å². The van der Waals surface area contributed by atoms with Gasteiger partial charge in [-0.1, -0.05) is 35.8 Å². The van der Waals surface area contributed by atoms with Gasteiger partial charge in [-0.15, -0.1) is 0 Å². The first kappa shape index (κ1) is 12.2. The van der Waals surface area contributed by atoms with Gasteiger partial charge in [-0.3, -0.25) is 0 Å². The Morgan fingerprint density at radius 1 is 1.29 bits per heavy atom. The second-order valence-corrected chi connectivity index (χ2v) is 5.35. The predicted molar refractivity (Wildman–Crippen MR) is 74.5 cm³/mol. The van der Waals surface area contributed by atoms with Gasteiger partial charge in [0.15, 0.2) is 0 Å². The van der Waals surface area contributed by atoms with Crippen LogP contribution in [0, 0.1) is 6.92 Å². The van der Waals surface area contributed by atoms with Crippen molar-refractivity contribution in [2.45, 2.75) is 26.7 Å². The van der Waals surface area contributed by atoms with Crippen molar-refractivity contribution in [2.24, 2.45) is 0 Å². The van der Waals surface area contributed by atoms with Crippen LogP contribution in [-0.2, 0) is 0 Å². The molecule has 0 atom stereocenters. The third-order valence-corrected chi connectivity index (χ3v) is 3.60. The molecule has 90 valence electrons. The molecule has 1 heterocycles. The summed E-state index contributed by atoms with van der Waals surface area (Å²) in [5.74, 6) is 1.05. The number of halogens is 1. The van der Waals surface area contributed by atoms with Gasteiger partial charge in [0, 0.05) is 10.5 Å². The third-order valence-electron chi connectivity index (χ3n) is 2.75. The minimum absolute atomic E-state index is 0.382. The van der Waals surface area contributed by atoms with E-state index >= 15 is 0 Å². The van der Waals surface area contributed by atoms with Crippen LogP contribution in [0.5, 0.6) is 0 Å². The van der Waals surface area contributed by atoms with Gasteiger partial charge in [0.05, 0.1) is 11.4 Å². The molecule has 0 saturated heterocycles. The Morgan fingerprint density at radius 3 is 2.53 bits per heavy atom. The summed E-state index contributed by atoms with van der Waals surface area (Å²) in [5, 5.41) is 4.52. The number of rotatable bonds is 2. The summed E-state index contributed by atoms with van der Waals surface area (Å²) >= 11 is 3.52. The number of hydrogen-bond donors (Lipinski definition) is 1. The first-order chi connectivity index (χ1) is 7.99. The molecule has 0 saturated carbocycles. The summed E-state index contributed by atoms with van der Waals surface area (Å²) in [4.78, 5) is 0. The Bertz CT molecular complexity index is 544. The van der Waals surface area contributed by atoms with Crippen molar-refractivity contribution in [1.29, 1.82) is 0 Å². The molecule has 0 aliphatic rings. The van der Waals surface area contributed by atoms with E-state index in [9.17, 15) is 0 Å². The van der Waals surface area contributed by atoms with Crippen LogP contribution >= 0.6 is 15.9 Å². The van der Waals surface area contributed by atoms with Gasteiger partial charge in [-0.25, -0.2) is 4.68 Å². The Morgan fingerprint density at radius 2 is 2.00 bits per heavy atom. The SMILES string of the molecule is Cc1ccc(-n2nc(C(C)C)cc2N)cc1Br. The Kier molecular flexibility index (Phi) is 3.24. The fourth-order valence-electron chi connectivity index (χ4n) is 1.62. The molecule has 3 nitrogen and oxygen atoms in total. The first-order valence-corrected chi connectivity index (χ1v) is 6.40. The normalized spacial score (nSPS) is 11.1. The number of nitrogens with zero attached hydrogens (tertiary/aromatic N) is 2. The average molecular weight is 294 g/mol. The number of anilines is 1. The second kappa shape index (κ2) is 4.53. The highest BCUT2D eigenvalue weighted by molar-refractivity contribution is 9.10. The summed E-state index contributed by atoms with van der Waals surface area (Å²) in [6.07, 6.45) is 0. The van der Waals surface area contributed by atoms with Crippen LogP contribution in [0.2, 0.25) is 0 Å². The lowest BCUT2D eigenvalue weighted by atomic mass is 10.1. The van der Waals surface area contributed by atoms with Crippen molar-refractivity contribution in [1.82, 2.24) is 9.78 Å². The largest absolute Gasteiger partial charge is 0.384 e. The Balaban J connectivity index is 2.49. The van der Waals surface area contributed by atoms with E-state index in [0.29, 0.717) is 11.7 Å². The molecule has 2 aromatic rings. The molecular weight excluding hydrogens is 278 g/mol. The standard InChI is InChI=1S/C13H16BrN3/c1-8(2)12-7-13(15)17(16-12)10-5-4-9(3)11(14)6-10/h4-8H,15H2,1-3H3. The molecular formula is C13H16BrN3. The average Bonchev–Trinajstić information content (AvgIpc) is 2.65. The van der Waals surface area contributed by atoms with Gasteiger partial charge in [-0.2, -0.15) is 5.10 Å². The van der Waals surface area contributed by atoms with Gasteiger partial charge >= 0.3 is 0 Å². The summed E-state index contributed by atoms with van der Waals surface area (Å²) < 4.78 is 2.84. The maximum atomic E-state index is 5.98. The number of nitrogens with two attached hydrogens (primary N) is 1. The molecule has 0 amide bonds. The molecule has 1 aromatic heterocycles. The van der Waals surface area contributed by atoms with Gasteiger partial charge in [0.25, 0.3) is 0 Å². The molecule has 0 unspecified atom stereocenters. The van der Waals surface area contributed by atoms with E-state index < -0.39 is 0 Å². The zero-order valence-electron chi connectivity index (χ0n) is 10.2. The van der Waals surface area contributed by atoms with E-state index in [1.807, 2.05) is 18.2 Å². The molecule has 0 aliphatic carbocycles. The van der Waals surface area contributed by atoms with E-state index in [2.05, 4.69) is 47.9 Å². The molecule has 2 N–H and O–H groups in total. The van der Waals surface area contributed by atoms with Crippen LogP contribution in [0.25, 0.3) is 5.69 Å². The third kappa shape index (κ3) is 2.36. The smallest absolute Gasteiger partial charge is 0.127 e. The summed E-state index contributed by atoms with van der Waals surface area (Å²) in [6, 6.07) is 8.03. The van der Waals surface area contributed by atoms with Crippen LogP contribution in [0.4, 0.5) is 5.82 Å². The molecule has 0 spiro atoms. The minimum Gasteiger partial charge on any atom is -0.384 e. The highest BCUT2D eigenvalue weighted by Crippen LogP contribution is 2.23. The highest BCUT2D eigenvalue weighted by atomic mass is 79.9. The fraction of sp³-hybridized carbons (Fsp3) is 0.308. The van der Waals surface area contributed by atoms with E-state index in [0.717, 1.165) is 15.9 Å². The van der Waals surface area contributed by atoms with Crippen LogP contribution in [0.1, 0.15) is 31.0 Å². The van der Waals surface area contributed by atoms with Crippen LogP contribution < -0.4 is 5.73 Å². The zero-order chi connectivity index (χ0) is 12.6. The maximum absolute atomic E-state index is 5.98. The summed E-state index contributed by atoms with van der Waals surface area (Å²) in [6.45, 7) is 6.27. The van der Waals surface area contributed by atoms with E-state index in [1.54, 1.807) is 4.68 Å². The lowest BCUT2D eigenvalue weighted by Gasteiger charge is -2.06. The predicted octanol–water partition coefficient (Wildman–Crippen LogP) is 3.65. The van der Waals surface area contributed by atoms with Gasteiger partial charge in [-0.05, 0) is 30.5 Å². The van der Waals surface area contributed by atoms with Crippen LogP contribution in [-0.4, -0.2) is 9.78 Å². The van der Waals surface area contributed by atoms with Gasteiger partial charge < -0.3 is 5.73 Å². The van der Waals surface area contributed by atoms with E-state index in [1.165, 1.54) is 5.56 Å². The molecule has 1 aromatic carbocycles. The van der Waals surface area contributed by atoms with Gasteiger partial charge in [0.1, 0.15) is 5.82 Å². The highest BCUT2D eigenvalue weighted by Gasteiger charge is 2.10. The van der Waals surface area contributed by atoms with Gasteiger partial charge in [0.2, 0.25) is 0 Å². The quantitative estimate of drug-likeness (QED) is 0.918. The molecule has 0 radical (unpaired) electrons. The Labute approximate surface area is 110 Å². The lowest BCUT2D eigenvalue weighted by molar-refractivity contribution is 0.771. The Hall–Kier alpha value is -1.29. The van der Waals surface area contributed by atoms with E-state index in [-0.39, 0.29) is 0 Å². The molecule has 0 aliphatic heterocycles. The molecule has 17 heavy (non-hydrogen) atoms.